The van der Waals surface area contributed by atoms with Gasteiger partial charge in [0.2, 0.25) is 5.91 Å². The van der Waals surface area contributed by atoms with E-state index in [9.17, 15) is 4.79 Å². The number of halogens is 1. The molecule has 0 aliphatic rings. The molecule has 0 heterocycles. The Morgan fingerprint density at radius 3 is 1.78 bits per heavy atom. The first-order valence-corrected chi connectivity index (χ1v) is 2.23. The molecule has 0 aliphatic heterocycles. The molecule has 0 aliphatic carbocycles. The zero-order valence-corrected chi connectivity index (χ0v) is 5.60. The Morgan fingerprint density at radius 1 is 1.44 bits per heavy atom. The fourth-order valence-electron chi connectivity index (χ4n) is 0.238. The van der Waals surface area contributed by atoms with Gasteiger partial charge in [-0.25, -0.2) is 0 Å². The van der Waals surface area contributed by atoms with Crippen molar-refractivity contribution < 1.29 is 15.0 Å². The summed E-state index contributed by atoms with van der Waals surface area (Å²) in [6.45, 7) is -0.766. The summed E-state index contributed by atoms with van der Waals surface area (Å²) < 4.78 is 0. The predicted octanol–water partition coefficient (Wildman–Crippen LogP) is -1.51. The monoisotopic (exact) mass is 155 g/mol. The van der Waals surface area contributed by atoms with Gasteiger partial charge in [-0.1, -0.05) is 0 Å². The number of rotatable bonds is 3. The van der Waals surface area contributed by atoms with Crippen LogP contribution in [0.1, 0.15) is 0 Å². The maximum absolute atomic E-state index is 10.1. The van der Waals surface area contributed by atoms with Crippen LogP contribution in [0.5, 0.6) is 0 Å². The number of primary amides is 1. The van der Waals surface area contributed by atoms with E-state index < -0.39 is 11.8 Å². The van der Waals surface area contributed by atoms with Crippen LogP contribution in [-0.4, -0.2) is 29.3 Å². The van der Waals surface area contributed by atoms with E-state index in [-0.39, 0.29) is 25.6 Å². The molecular formula is C4H10ClNO3. The van der Waals surface area contributed by atoms with Gasteiger partial charge in [0.25, 0.3) is 0 Å². The first kappa shape index (κ1) is 11.5. The molecule has 4 N–H and O–H groups in total. The highest BCUT2D eigenvalue weighted by atomic mass is 35.5. The van der Waals surface area contributed by atoms with Crippen molar-refractivity contribution in [3.63, 3.8) is 0 Å². The van der Waals surface area contributed by atoms with Crippen molar-refractivity contribution in [2.75, 3.05) is 13.2 Å². The molecule has 0 atom stereocenters. The maximum atomic E-state index is 10.1. The fourth-order valence-corrected chi connectivity index (χ4v) is 0.238. The molecule has 0 aromatic carbocycles. The van der Waals surface area contributed by atoms with E-state index in [1.165, 1.54) is 0 Å². The molecule has 0 radical (unpaired) electrons. The SMILES string of the molecule is Cl.NC(=O)C(CO)CO. The molecule has 56 valence electrons. The number of aliphatic hydroxyl groups is 2. The van der Waals surface area contributed by atoms with Crippen molar-refractivity contribution >= 4 is 18.3 Å². The van der Waals surface area contributed by atoms with Crippen LogP contribution in [0.25, 0.3) is 0 Å². The van der Waals surface area contributed by atoms with Crippen molar-refractivity contribution in [1.29, 1.82) is 0 Å². The van der Waals surface area contributed by atoms with Crippen LogP contribution in [0.3, 0.4) is 0 Å². The van der Waals surface area contributed by atoms with Gasteiger partial charge in [-0.15, -0.1) is 12.4 Å². The largest absolute Gasteiger partial charge is 0.395 e. The Morgan fingerprint density at radius 2 is 1.78 bits per heavy atom. The molecule has 0 fully saturated rings. The van der Waals surface area contributed by atoms with E-state index in [0.29, 0.717) is 0 Å². The van der Waals surface area contributed by atoms with Crippen molar-refractivity contribution in [1.82, 2.24) is 0 Å². The molecule has 0 aromatic heterocycles. The van der Waals surface area contributed by atoms with E-state index in [1.807, 2.05) is 0 Å². The van der Waals surface area contributed by atoms with Crippen LogP contribution >= 0.6 is 12.4 Å². The summed E-state index contributed by atoms with van der Waals surface area (Å²) in [5.41, 5.74) is 4.70. The van der Waals surface area contributed by atoms with Crippen LogP contribution in [0, 0.1) is 5.92 Å². The highest BCUT2D eigenvalue weighted by Crippen LogP contribution is 1.88. The fraction of sp³-hybridized carbons (Fsp3) is 0.750. The van der Waals surface area contributed by atoms with E-state index in [4.69, 9.17) is 15.9 Å². The Labute approximate surface area is 59.1 Å². The van der Waals surface area contributed by atoms with Crippen LogP contribution in [0.15, 0.2) is 0 Å². The lowest BCUT2D eigenvalue weighted by atomic mass is 10.2. The third-order valence-corrected chi connectivity index (χ3v) is 0.843. The predicted molar refractivity (Wildman–Crippen MR) is 34.1 cm³/mol. The minimum Gasteiger partial charge on any atom is -0.395 e. The van der Waals surface area contributed by atoms with Gasteiger partial charge in [0, 0.05) is 0 Å². The summed E-state index contributed by atoms with van der Waals surface area (Å²) in [7, 11) is 0. The van der Waals surface area contributed by atoms with Crippen LogP contribution in [0.4, 0.5) is 0 Å². The topological polar surface area (TPSA) is 83.6 Å². The van der Waals surface area contributed by atoms with Crippen molar-refractivity contribution in [3.05, 3.63) is 0 Å². The third-order valence-electron chi connectivity index (χ3n) is 0.843. The zero-order valence-electron chi connectivity index (χ0n) is 4.78. The second kappa shape index (κ2) is 5.81. The minimum absolute atomic E-state index is 0. The summed E-state index contributed by atoms with van der Waals surface area (Å²) >= 11 is 0. The lowest BCUT2D eigenvalue weighted by molar-refractivity contribution is -0.124. The van der Waals surface area contributed by atoms with E-state index in [0.717, 1.165) is 0 Å². The van der Waals surface area contributed by atoms with Gasteiger partial charge in [-0.2, -0.15) is 0 Å². The molecule has 9 heavy (non-hydrogen) atoms. The standard InChI is InChI=1S/C4H9NO3.ClH/c5-4(8)3(1-6)2-7;/h3,6-7H,1-2H2,(H2,5,8);1H. The number of aliphatic hydroxyl groups excluding tert-OH is 2. The quantitative estimate of drug-likeness (QED) is 0.464. The number of hydrogen-bond acceptors (Lipinski definition) is 3. The van der Waals surface area contributed by atoms with Crippen LogP contribution < -0.4 is 5.73 Å². The number of amides is 1. The van der Waals surface area contributed by atoms with Gasteiger partial charge in [-0.05, 0) is 0 Å². The maximum Gasteiger partial charge on any atom is 0.225 e. The lowest BCUT2D eigenvalue weighted by Crippen LogP contribution is -2.28. The summed E-state index contributed by atoms with van der Waals surface area (Å²) in [5.74, 6) is -1.47. The molecule has 0 unspecified atom stereocenters. The Balaban J connectivity index is 0. The normalized spacial score (nSPS) is 8.78. The molecule has 4 nitrogen and oxygen atoms in total. The average Bonchev–Trinajstić information content (AvgIpc) is 1.69. The van der Waals surface area contributed by atoms with Crippen molar-refractivity contribution in [2.45, 2.75) is 0 Å². The number of nitrogens with two attached hydrogens (primary N) is 1. The van der Waals surface area contributed by atoms with E-state index in [2.05, 4.69) is 0 Å². The smallest absolute Gasteiger partial charge is 0.225 e. The van der Waals surface area contributed by atoms with Gasteiger partial charge in [-0.3, -0.25) is 4.79 Å². The van der Waals surface area contributed by atoms with Gasteiger partial charge in [0.15, 0.2) is 0 Å². The molecule has 0 spiro atoms. The summed E-state index contributed by atoms with van der Waals surface area (Å²) in [4.78, 5) is 10.1. The highest BCUT2D eigenvalue weighted by molar-refractivity contribution is 5.85. The van der Waals surface area contributed by atoms with Gasteiger partial charge in [0.1, 0.15) is 0 Å². The van der Waals surface area contributed by atoms with Crippen molar-refractivity contribution in [2.24, 2.45) is 11.7 Å². The second-order valence-corrected chi connectivity index (χ2v) is 1.46. The van der Waals surface area contributed by atoms with Gasteiger partial charge < -0.3 is 15.9 Å². The van der Waals surface area contributed by atoms with E-state index in [1.54, 1.807) is 0 Å². The average molecular weight is 156 g/mol. The Bertz CT molecular complexity index is 83.9. The van der Waals surface area contributed by atoms with Crippen LogP contribution in [-0.2, 0) is 4.79 Å². The first-order chi connectivity index (χ1) is 3.72. The van der Waals surface area contributed by atoms with Gasteiger partial charge in [0.05, 0.1) is 19.1 Å². The molecule has 0 saturated heterocycles. The van der Waals surface area contributed by atoms with Crippen LogP contribution in [0.2, 0.25) is 0 Å². The number of carbonyl (C=O) groups is 1. The molecule has 0 rings (SSSR count). The number of hydrogen-bond donors (Lipinski definition) is 3. The third kappa shape index (κ3) is 4.20. The lowest BCUT2D eigenvalue weighted by Gasteiger charge is -2.02. The minimum atomic E-state index is -0.796. The van der Waals surface area contributed by atoms with Gasteiger partial charge >= 0.3 is 0 Å². The highest BCUT2D eigenvalue weighted by Gasteiger charge is 2.10. The summed E-state index contributed by atoms with van der Waals surface area (Å²) in [6.07, 6.45) is 0. The summed E-state index contributed by atoms with van der Waals surface area (Å²) in [6, 6.07) is 0. The Hall–Kier alpha value is -0.320. The first-order valence-electron chi connectivity index (χ1n) is 2.23. The molecular weight excluding hydrogens is 146 g/mol. The second-order valence-electron chi connectivity index (χ2n) is 1.46. The molecule has 0 aromatic rings. The molecule has 1 amide bonds. The molecule has 5 heteroatoms. The Kier molecular flexibility index (Phi) is 7.41. The number of carbonyl (C=O) groups excluding carboxylic acids is 1. The summed E-state index contributed by atoms with van der Waals surface area (Å²) in [5, 5.41) is 16.5. The van der Waals surface area contributed by atoms with Crippen molar-refractivity contribution in [3.8, 4) is 0 Å². The molecule has 0 bridgehead atoms. The zero-order chi connectivity index (χ0) is 6.57. The van der Waals surface area contributed by atoms with E-state index >= 15 is 0 Å². The molecule has 0 saturated carbocycles.